The highest BCUT2D eigenvalue weighted by Gasteiger charge is 2.11. The van der Waals surface area contributed by atoms with Gasteiger partial charge in [0.1, 0.15) is 0 Å². The van der Waals surface area contributed by atoms with Crippen LogP contribution in [0.2, 0.25) is 0 Å². The van der Waals surface area contributed by atoms with Crippen LogP contribution in [-0.4, -0.2) is 23.5 Å². The number of hydrogen-bond donors (Lipinski definition) is 3. The summed E-state index contributed by atoms with van der Waals surface area (Å²) in [4.78, 5) is 4.20. The molecule has 64 valence electrons. The van der Waals surface area contributed by atoms with Crippen molar-refractivity contribution >= 4 is 17.7 Å². The summed E-state index contributed by atoms with van der Waals surface area (Å²) in [5.74, 6) is 7.80. The number of rotatable bonds is 1. The minimum Gasteiger partial charge on any atom is -0.369 e. The van der Waals surface area contributed by atoms with Gasteiger partial charge in [-0.3, -0.25) is 5.43 Å². The van der Waals surface area contributed by atoms with Gasteiger partial charge in [-0.15, -0.1) is 0 Å². The fourth-order valence-electron chi connectivity index (χ4n) is 1.05. The monoisotopic (exact) mass is 174 g/mol. The van der Waals surface area contributed by atoms with Gasteiger partial charge < -0.3 is 5.73 Å². The van der Waals surface area contributed by atoms with Gasteiger partial charge in [-0.25, -0.2) is 10.8 Å². The molecule has 0 unspecified atom stereocenters. The van der Waals surface area contributed by atoms with Crippen LogP contribution in [0.1, 0.15) is 12.8 Å². The molecule has 1 saturated heterocycles. The first-order chi connectivity index (χ1) is 5.33. The Labute approximate surface area is 70.8 Å². The van der Waals surface area contributed by atoms with E-state index < -0.39 is 0 Å². The van der Waals surface area contributed by atoms with Crippen molar-refractivity contribution in [1.82, 2.24) is 5.43 Å². The third kappa shape index (κ3) is 2.98. The molecular formula is C6H14N4S. The molecule has 1 aliphatic heterocycles. The Morgan fingerprint density at radius 1 is 1.45 bits per heavy atom. The van der Waals surface area contributed by atoms with Gasteiger partial charge in [-0.05, 0) is 24.3 Å². The van der Waals surface area contributed by atoms with Crippen LogP contribution in [0.15, 0.2) is 4.99 Å². The third-order valence-electron chi connectivity index (χ3n) is 1.66. The highest BCUT2D eigenvalue weighted by atomic mass is 32.2. The predicted molar refractivity (Wildman–Crippen MR) is 49.3 cm³/mol. The predicted octanol–water partition coefficient (Wildman–Crippen LogP) is -0.340. The van der Waals surface area contributed by atoms with E-state index in [0.717, 1.165) is 12.8 Å². The molecule has 1 fully saturated rings. The Kier molecular flexibility index (Phi) is 3.51. The molecular weight excluding hydrogens is 160 g/mol. The van der Waals surface area contributed by atoms with E-state index in [1.807, 2.05) is 11.8 Å². The average molecular weight is 174 g/mol. The van der Waals surface area contributed by atoms with Crippen LogP contribution in [0.3, 0.4) is 0 Å². The Hall–Kier alpha value is -0.420. The first-order valence-electron chi connectivity index (χ1n) is 3.70. The molecule has 0 aliphatic carbocycles. The summed E-state index contributed by atoms with van der Waals surface area (Å²) in [7, 11) is 0. The van der Waals surface area contributed by atoms with Crippen LogP contribution < -0.4 is 17.0 Å². The van der Waals surface area contributed by atoms with Crippen molar-refractivity contribution < 1.29 is 0 Å². The standard InChI is InChI=1S/C6H14N4S/c7-6(10-8)9-5-1-3-11-4-2-5/h5H,1-4,8H2,(H3,7,9,10). The molecule has 0 saturated carbocycles. The number of hydrazine groups is 1. The first-order valence-corrected chi connectivity index (χ1v) is 4.86. The molecule has 0 spiro atoms. The Balaban J connectivity index is 2.34. The lowest BCUT2D eigenvalue weighted by Crippen LogP contribution is -2.38. The minimum absolute atomic E-state index is 0.349. The summed E-state index contributed by atoms with van der Waals surface area (Å²) < 4.78 is 0. The van der Waals surface area contributed by atoms with E-state index in [4.69, 9.17) is 11.6 Å². The molecule has 5 N–H and O–H groups in total. The zero-order chi connectivity index (χ0) is 8.10. The molecule has 0 bridgehead atoms. The summed E-state index contributed by atoms with van der Waals surface area (Å²) in [5.41, 5.74) is 7.74. The normalized spacial score (nSPS) is 21.7. The van der Waals surface area contributed by atoms with Crippen molar-refractivity contribution in [3.8, 4) is 0 Å². The molecule has 1 rings (SSSR count). The fraction of sp³-hybridized carbons (Fsp3) is 0.833. The van der Waals surface area contributed by atoms with Gasteiger partial charge in [-0.2, -0.15) is 11.8 Å². The van der Waals surface area contributed by atoms with Gasteiger partial charge in [0.15, 0.2) is 0 Å². The summed E-state index contributed by atoms with van der Waals surface area (Å²) in [6, 6.07) is 0.382. The van der Waals surface area contributed by atoms with Crippen molar-refractivity contribution in [1.29, 1.82) is 0 Å². The van der Waals surface area contributed by atoms with Gasteiger partial charge in [0.05, 0.1) is 6.04 Å². The first kappa shape index (κ1) is 8.67. The number of guanidine groups is 1. The minimum atomic E-state index is 0.349. The SMILES string of the molecule is NNC(N)=NC1CCSCC1. The van der Waals surface area contributed by atoms with E-state index in [0.29, 0.717) is 12.0 Å². The van der Waals surface area contributed by atoms with Gasteiger partial charge in [0, 0.05) is 0 Å². The smallest absolute Gasteiger partial charge is 0.203 e. The fourth-order valence-corrected chi connectivity index (χ4v) is 2.13. The Morgan fingerprint density at radius 2 is 2.09 bits per heavy atom. The van der Waals surface area contributed by atoms with Crippen molar-refractivity contribution in [2.24, 2.45) is 16.6 Å². The molecule has 1 heterocycles. The highest BCUT2D eigenvalue weighted by molar-refractivity contribution is 7.99. The summed E-state index contributed by atoms with van der Waals surface area (Å²) in [6.07, 6.45) is 2.24. The van der Waals surface area contributed by atoms with Crippen LogP contribution in [-0.2, 0) is 0 Å². The lowest BCUT2D eigenvalue weighted by atomic mass is 10.2. The van der Waals surface area contributed by atoms with Gasteiger partial charge in [0.2, 0.25) is 5.96 Å². The van der Waals surface area contributed by atoms with Crippen LogP contribution >= 0.6 is 11.8 Å². The topological polar surface area (TPSA) is 76.4 Å². The van der Waals surface area contributed by atoms with Crippen molar-refractivity contribution in [2.45, 2.75) is 18.9 Å². The van der Waals surface area contributed by atoms with E-state index in [1.54, 1.807) is 0 Å². The molecule has 0 radical (unpaired) electrons. The van der Waals surface area contributed by atoms with Gasteiger partial charge in [-0.1, -0.05) is 0 Å². The third-order valence-corrected chi connectivity index (χ3v) is 2.71. The van der Waals surface area contributed by atoms with Crippen molar-refractivity contribution in [3.63, 3.8) is 0 Å². The van der Waals surface area contributed by atoms with Crippen LogP contribution in [0.25, 0.3) is 0 Å². The highest BCUT2D eigenvalue weighted by Crippen LogP contribution is 2.19. The molecule has 0 atom stereocenters. The molecule has 11 heavy (non-hydrogen) atoms. The van der Waals surface area contributed by atoms with Crippen molar-refractivity contribution in [2.75, 3.05) is 11.5 Å². The Morgan fingerprint density at radius 3 is 2.64 bits per heavy atom. The number of hydrogen-bond acceptors (Lipinski definition) is 3. The summed E-state index contributed by atoms with van der Waals surface area (Å²) >= 11 is 1.97. The van der Waals surface area contributed by atoms with Crippen LogP contribution in [0, 0.1) is 0 Å². The second kappa shape index (κ2) is 4.46. The number of aliphatic imine (C=N–C) groups is 1. The average Bonchev–Trinajstić information content (AvgIpc) is 2.06. The maximum absolute atomic E-state index is 5.41. The zero-order valence-electron chi connectivity index (χ0n) is 6.42. The lowest BCUT2D eigenvalue weighted by molar-refractivity contribution is 0.623. The molecule has 5 heteroatoms. The molecule has 0 amide bonds. The number of nitrogens with one attached hydrogen (secondary N) is 1. The Bertz CT molecular complexity index is 142. The van der Waals surface area contributed by atoms with E-state index in [9.17, 15) is 0 Å². The maximum atomic E-state index is 5.41. The van der Waals surface area contributed by atoms with Gasteiger partial charge in [0.25, 0.3) is 0 Å². The number of thioether (sulfide) groups is 1. The number of nitrogens with two attached hydrogens (primary N) is 2. The van der Waals surface area contributed by atoms with Crippen molar-refractivity contribution in [3.05, 3.63) is 0 Å². The maximum Gasteiger partial charge on any atom is 0.203 e. The summed E-state index contributed by atoms with van der Waals surface area (Å²) in [5, 5.41) is 0. The molecule has 4 nitrogen and oxygen atoms in total. The molecule has 0 aromatic rings. The second-order valence-corrected chi connectivity index (χ2v) is 3.73. The second-order valence-electron chi connectivity index (χ2n) is 2.50. The van der Waals surface area contributed by atoms with E-state index in [-0.39, 0.29) is 0 Å². The zero-order valence-corrected chi connectivity index (χ0v) is 7.23. The summed E-state index contributed by atoms with van der Waals surface area (Å²) in [6.45, 7) is 0. The molecule has 0 aromatic carbocycles. The molecule has 0 aromatic heterocycles. The molecule has 1 aliphatic rings. The lowest BCUT2D eigenvalue weighted by Gasteiger charge is -2.17. The van der Waals surface area contributed by atoms with E-state index in [2.05, 4.69) is 10.4 Å². The quantitative estimate of drug-likeness (QED) is 0.220. The van der Waals surface area contributed by atoms with Gasteiger partial charge >= 0.3 is 0 Å². The van der Waals surface area contributed by atoms with Crippen LogP contribution in [0.4, 0.5) is 0 Å². The van der Waals surface area contributed by atoms with Crippen LogP contribution in [0.5, 0.6) is 0 Å². The van der Waals surface area contributed by atoms with E-state index in [1.165, 1.54) is 11.5 Å². The largest absolute Gasteiger partial charge is 0.369 e. The van der Waals surface area contributed by atoms with E-state index >= 15 is 0 Å². The number of nitrogens with zero attached hydrogens (tertiary/aromatic N) is 1.